The van der Waals surface area contributed by atoms with Gasteiger partial charge >= 0.3 is 0 Å². The standard InChI is InChI=1S/C17H16Cl3NO2/c1-23-16-5-2-11(8-15(16)20)6-7-21-17(22)9-12-3-4-13(18)10-14(12)19/h2-5,8,10H,6-7,9H2,1H3,(H,21,22). The molecule has 122 valence electrons. The molecule has 0 fully saturated rings. The van der Waals surface area contributed by atoms with Gasteiger partial charge in [-0.1, -0.05) is 46.9 Å². The number of hydrogen-bond acceptors (Lipinski definition) is 2. The molecule has 0 heterocycles. The number of methoxy groups -OCH3 is 1. The van der Waals surface area contributed by atoms with Crippen LogP contribution >= 0.6 is 34.8 Å². The van der Waals surface area contributed by atoms with Gasteiger partial charge in [-0.15, -0.1) is 0 Å². The molecule has 2 aromatic carbocycles. The molecule has 2 rings (SSSR count). The Labute approximate surface area is 150 Å². The first kappa shape index (κ1) is 17.9. The van der Waals surface area contributed by atoms with Gasteiger partial charge in [-0.05, 0) is 41.8 Å². The summed E-state index contributed by atoms with van der Waals surface area (Å²) < 4.78 is 5.11. The van der Waals surface area contributed by atoms with Crippen LogP contribution in [0, 0.1) is 0 Å². The summed E-state index contributed by atoms with van der Waals surface area (Å²) in [6, 6.07) is 10.7. The van der Waals surface area contributed by atoms with Gasteiger partial charge < -0.3 is 10.1 Å². The van der Waals surface area contributed by atoms with Crippen molar-refractivity contribution in [1.29, 1.82) is 0 Å². The zero-order valence-corrected chi connectivity index (χ0v) is 14.8. The van der Waals surface area contributed by atoms with Gasteiger partial charge in [0.15, 0.2) is 0 Å². The molecule has 1 amide bonds. The maximum Gasteiger partial charge on any atom is 0.224 e. The van der Waals surface area contributed by atoms with E-state index in [1.807, 2.05) is 18.2 Å². The third-order valence-corrected chi connectivity index (χ3v) is 4.20. The Morgan fingerprint density at radius 3 is 2.52 bits per heavy atom. The van der Waals surface area contributed by atoms with Gasteiger partial charge in [0.2, 0.25) is 5.91 Å². The molecule has 0 aliphatic heterocycles. The van der Waals surface area contributed by atoms with Crippen LogP contribution in [0.1, 0.15) is 11.1 Å². The van der Waals surface area contributed by atoms with E-state index in [9.17, 15) is 4.79 Å². The average molecular weight is 373 g/mol. The zero-order valence-electron chi connectivity index (χ0n) is 12.5. The Morgan fingerprint density at radius 1 is 1.09 bits per heavy atom. The molecule has 0 saturated heterocycles. The molecule has 0 aliphatic rings. The molecule has 2 aromatic rings. The molecule has 0 unspecified atom stereocenters. The Bertz CT molecular complexity index is 704. The van der Waals surface area contributed by atoms with Crippen LogP contribution in [-0.2, 0) is 17.6 Å². The molecular weight excluding hydrogens is 357 g/mol. The third kappa shape index (κ3) is 5.31. The van der Waals surface area contributed by atoms with E-state index in [-0.39, 0.29) is 12.3 Å². The van der Waals surface area contributed by atoms with E-state index in [0.29, 0.717) is 33.8 Å². The van der Waals surface area contributed by atoms with Crippen LogP contribution in [0.4, 0.5) is 0 Å². The fourth-order valence-electron chi connectivity index (χ4n) is 2.11. The van der Waals surface area contributed by atoms with Crippen LogP contribution in [-0.4, -0.2) is 19.6 Å². The van der Waals surface area contributed by atoms with Crippen molar-refractivity contribution in [1.82, 2.24) is 5.32 Å². The first-order chi connectivity index (χ1) is 11.0. The van der Waals surface area contributed by atoms with E-state index in [1.165, 1.54) is 0 Å². The van der Waals surface area contributed by atoms with Gasteiger partial charge in [-0.3, -0.25) is 4.79 Å². The molecule has 0 radical (unpaired) electrons. The predicted octanol–water partition coefficient (Wildman–Crippen LogP) is 4.56. The number of benzene rings is 2. The Balaban J connectivity index is 1.84. The highest BCUT2D eigenvalue weighted by Crippen LogP contribution is 2.25. The van der Waals surface area contributed by atoms with Crippen molar-refractivity contribution in [3.63, 3.8) is 0 Å². The number of carbonyl (C=O) groups is 1. The van der Waals surface area contributed by atoms with Crippen LogP contribution in [0.15, 0.2) is 36.4 Å². The first-order valence-electron chi connectivity index (χ1n) is 7.02. The minimum Gasteiger partial charge on any atom is -0.495 e. The van der Waals surface area contributed by atoms with Crippen LogP contribution in [0.25, 0.3) is 0 Å². The maximum absolute atomic E-state index is 12.0. The van der Waals surface area contributed by atoms with Crippen LogP contribution in [0.5, 0.6) is 5.75 Å². The van der Waals surface area contributed by atoms with Gasteiger partial charge in [0.1, 0.15) is 5.75 Å². The van der Waals surface area contributed by atoms with Gasteiger partial charge in [0.05, 0.1) is 18.6 Å². The summed E-state index contributed by atoms with van der Waals surface area (Å²) in [5.41, 5.74) is 1.78. The smallest absolute Gasteiger partial charge is 0.224 e. The van der Waals surface area contributed by atoms with E-state index in [0.717, 1.165) is 11.1 Å². The highest BCUT2D eigenvalue weighted by atomic mass is 35.5. The van der Waals surface area contributed by atoms with Crippen LogP contribution in [0.2, 0.25) is 15.1 Å². The Morgan fingerprint density at radius 2 is 1.87 bits per heavy atom. The number of hydrogen-bond donors (Lipinski definition) is 1. The monoisotopic (exact) mass is 371 g/mol. The SMILES string of the molecule is COc1ccc(CCNC(=O)Cc2ccc(Cl)cc2Cl)cc1Cl. The van der Waals surface area contributed by atoms with E-state index >= 15 is 0 Å². The predicted molar refractivity (Wildman–Crippen MR) is 94.9 cm³/mol. The van der Waals surface area contributed by atoms with Gasteiger partial charge in [-0.2, -0.15) is 0 Å². The number of nitrogens with one attached hydrogen (secondary N) is 1. The van der Waals surface area contributed by atoms with Crippen molar-refractivity contribution in [3.8, 4) is 5.75 Å². The van der Waals surface area contributed by atoms with Gasteiger partial charge in [0, 0.05) is 16.6 Å². The lowest BCUT2D eigenvalue weighted by Gasteiger charge is -2.08. The van der Waals surface area contributed by atoms with Crippen molar-refractivity contribution < 1.29 is 9.53 Å². The largest absolute Gasteiger partial charge is 0.495 e. The van der Waals surface area contributed by atoms with E-state index < -0.39 is 0 Å². The van der Waals surface area contributed by atoms with Crippen molar-refractivity contribution in [3.05, 3.63) is 62.6 Å². The maximum atomic E-state index is 12.0. The molecule has 0 aliphatic carbocycles. The first-order valence-corrected chi connectivity index (χ1v) is 8.16. The van der Waals surface area contributed by atoms with E-state index in [1.54, 1.807) is 25.3 Å². The summed E-state index contributed by atoms with van der Waals surface area (Å²) in [5.74, 6) is 0.547. The summed E-state index contributed by atoms with van der Waals surface area (Å²) in [5, 5.41) is 4.47. The second kappa shape index (κ2) is 8.44. The number of ether oxygens (including phenoxy) is 1. The van der Waals surface area contributed by atoms with E-state index in [4.69, 9.17) is 39.5 Å². The molecule has 0 saturated carbocycles. The van der Waals surface area contributed by atoms with Crippen LogP contribution < -0.4 is 10.1 Å². The minimum atomic E-state index is -0.0890. The minimum absolute atomic E-state index is 0.0890. The molecule has 23 heavy (non-hydrogen) atoms. The van der Waals surface area contributed by atoms with Gasteiger partial charge in [-0.25, -0.2) is 0 Å². The third-order valence-electron chi connectivity index (χ3n) is 3.32. The molecule has 6 heteroatoms. The van der Waals surface area contributed by atoms with Crippen molar-refractivity contribution >= 4 is 40.7 Å². The average Bonchev–Trinajstić information content (AvgIpc) is 2.50. The van der Waals surface area contributed by atoms with Crippen LogP contribution in [0.3, 0.4) is 0 Å². The molecule has 3 nitrogen and oxygen atoms in total. The Hall–Kier alpha value is -1.42. The van der Waals surface area contributed by atoms with Crippen molar-refractivity contribution in [2.24, 2.45) is 0 Å². The number of rotatable bonds is 6. The molecule has 0 bridgehead atoms. The fraction of sp³-hybridized carbons (Fsp3) is 0.235. The number of carbonyl (C=O) groups excluding carboxylic acids is 1. The van der Waals surface area contributed by atoms with Crippen molar-refractivity contribution in [2.45, 2.75) is 12.8 Å². The lowest BCUT2D eigenvalue weighted by Crippen LogP contribution is -2.27. The zero-order chi connectivity index (χ0) is 16.8. The highest BCUT2D eigenvalue weighted by molar-refractivity contribution is 6.35. The number of amides is 1. The van der Waals surface area contributed by atoms with Crippen molar-refractivity contribution in [2.75, 3.05) is 13.7 Å². The topological polar surface area (TPSA) is 38.3 Å². The summed E-state index contributed by atoms with van der Waals surface area (Å²) in [6.45, 7) is 0.521. The second-order valence-corrected chi connectivity index (χ2v) is 6.23. The van der Waals surface area contributed by atoms with Gasteiger partial charge in [0.25, 0.3) is 0 Å². The summed E-state index contributed by atoms with van der Waals surface area (Å²) in [4.78, 5) is 12.0. The normalized spacial score (nSPS) is 10.4. The lowest BCUT2D eigenvalue weighted by atomic mass is 10.1. The Kier molecular flexibility index (Phi) is 6.58. The molecule has 0 atom stereocenters. The summed E-state index contributed by atoms with van der Waals surface area (Å²) >= 11 is 18.0. The second-order valence-electron chi connectivity index (χ2n) is 4.98. The summed E-state index contributed by atoms with van der Waals surface area (Å²) in [7, 11) is 1.57. The molecule has 1 N–H and O–H groups in total. The molecule has 0 aromatic heterocycles. The quantitative estimate of drug-likeness (QED) is 0.807. The van der Waals surface area contributed by atoms with E-state index in [2.05, 4.69) is 5.32 Å². The fourth-order valence-corrected chi connectivity index (χ4v) is 2.87. The summed E-state index contributed by atoms with van der Waals surface area (Å²) in [6.07, 6.45) is 0.906. The molecule has 0 spiro atoms. The molecular formula is C17H16Cl3NO2. The highest BCUT2D eigenvalue weighted by Gasteiger charge is 2.08. The number of halogens is 3. The lowest BCUT2D eigenvalue weighted by molar-refractivity contribution is -0.120.